The van der Waals surface area contributed by atoms with Gasteiger partial charge in [-0.1, -0.05) is 0 Å². The normalized spacial score (nSPS) is 22.4. The van der Waals surface area contributed by atoms with Crippen LogP contribution in [0.15, 0.2) is 23.1 Å². The highest BCUT2D eigenvalue weighted by Gasteiger charge is 2.37. The van der Waals surface area contributed by atoms with Crippen molar-refractivity contribution in [3.8, 4) is 0 Å². The van der Waals surface area contributed by atoms with Crippen LogP contribution in [-0.4, -0.2) is 64.1 Å². The van der Waals surface area contributed by atoms with Crippen LogP contribution in [0, 0.1) is 0 Å². The van der Waals surface area contributed by atoms with Gasteiger partial charge in [0, 0.05) is 25.2 Å². The molecular weight excluding hydrogens is 396 g/mol. The van der Waals surface area contributed by atoms with Crippen LogP contribution in [0.1, 0.15) is 40.0 Å². The highest BCUT2D eigenvalue weighted by molar-refractivity contribution is 7.89. The number of hydrogen-bond acceptors (Lipinski definition) is 7. The molecule has 8 nitrogen and oxygen atoms in total. The van der Waals surface area contributed by atoms with Gasteiger partial charge in [-0.3, -0.25) is 0 Å². The number of nitrogens with zero attached hydrogens (tertiary/aromatic N) is 1. The number of carbonyl (C=O) groups excluding carboxylic acids is 2. The summed E-state index contributed by atoms with van der Waals surface area (Å²) >= 11 is 0. The molecule has 2 saturated heterocycles. The highest BCUT2D eigenvalue weighted by atomic mass is 35.5. The zero-order valence-electron chi connectivity index (χ0n) is 15.1. The van der Waals surface area contributed by atoms with E-state index < -0.39 is 22.0 Å². The number of rotatable bonds is 4. The molecule has 0 aromatic heterocycles. The Balaban J connectivity index is 0.00000261. The number of esters is 2. The standard InChI is InChI=1S/C17H22N2O6S.ClH/c1-24-16(20)11-3-6-14(17(21)25-2)15(9-11)26(22,23)19-8-7-12-4-5-13(10-19)18-12;/h3,6,9,12-13,18H,4-5,7-8,10H2,1-2H3;1H. The monoisotopic (exact) mass is 418 g/mol. The van der Waals surface area contributed by atoms with Crippen molar-refractivity contribution >= 4 is 34.4 Å². The van der Waals surface area contributed by atoms with Crippen LogP contribution in [0.2, 0.25) is 0 Å². The Morgan fingerprint density at radius 1 is 1.07 bits per heavy atom. The quantitative estimate of drug-likeness (QED) is 0.733. The van der Waals surface area contributed by atoms with E-state index in [4.69, 9.17) is 4.74 Å². The van der Waals surface area contributed by atoms with Gasteiger partial charge in [-0.15, -0.1) is 12.4 Å². The Bertz CT molecular complexity index is 829. The first-order chi connectivity index (χ1) is 12.4. The van der Waals surface area contributed by atoms with Crippen LogP contribution in [0.5, 0.6) is 0 Å². The Hall–Kier alpha value is -1.68. The van der Waals surface area contributed by atoms with E-state index in [2.05, 4.69) is 10.1 Å². The van der Waals surface area contributed by atoms with Gasteiger partial charge in [0.1, 0.15) is 0 Å². The molecule has 0 radical (unpaired) electrons. The zero-order valence-corrected chi connectivity index (χ0v) is 16.8. The van der Waals surface area contributed by atoms with Crippen LogP contribution in [-0.2, 0) is 19.5 Å². The van der Waals surface area contributed by atoms with E-state index in [1.54, 1.807) is 0 Å². The molecule has 0 saturated carbocycles. The topological polar surface area (TPSA) is 102 Å². The maximum Gasteiger partial charge on any atom is 0.339 e. The zero-order chi connectivity index (χ0) is 18.9. The average Bonchev–Trinajstić information content (AvgIpc) is 2.97. The van der Waals surface area contributed by atoms with E-state index in [0.717, 1.165) is 12.8 Å². The second-order valence-corrected chi connectivity index (χ2v) is 8.39. The summed E-state index contributed by atoms with van der Waals surface area (Å²) in [4.78, 5) is 23.7. The van der Waals surface area contributed by atoms with Gasteiger partial charge in [0.15, 0.2) is 0 Å². The van der Waals surface area contributed by atoms with Gasteiger partial charge in [0.25, 0.3) is 0 Å². The number of sulfonamides is 1. The lowest BCUT2D eigenvalue weighted by Gasteiger charge is -2.24. The van der Waals surface area contributed by atoms with Crippen LogP contribution < -0.4 is 5.32 Å². The fourth-order valence-corrected chi connectivity index (χ4v) is 5.23. The van der Waals surface area contributed by atoms with Gasteiger partial charge in [0.2, 0.25) is 10.0 Å². The molecule has 10 heteroatoms. The maximum atomic E-state index is 13.3. The molecule has 0 amide bonds. The van der Waals surface area contributed by atoms with Gasteiger partial charge in [-0.25, -0.2) is 18.0 Å². The maximum absolute atomic E-state index is 13.3. The highest BCUT2D eigenvalue weighted by Crippen LogP contribution is 2.28. The van der Waals surface area contributed by atoms with E-state index >= 15 is 0 Å². The van der Waals surface area contributed by atoms with Crippen molar-refractivity contribution in [1.82, 2.24) is 9.62 Å². The molecule has 1 N–H and O–H groups in total. The second-order valence-electron chi connectivity index (χ2n) is 6.48. The van der Waals surface area contributed by atoms with Crippen molar-refractivity contribution in [2.24, 2.45) is 0 Å². The second kappa shape index (κ2) is 8.55. The van der Waals surface area contributed by atoms with Crippen molar-refractivity contribution < 1.29 is 27.5 Å². The van der Waals surface area contributed by atoms with Crippen molar-refractivity contribution in [3.05, 3.63) is 29.3 Å². The first-order valence-electron chi connectivity index (χ1n) is 8.43. The number of ether oxygens (including phenoxy) is 2. The third-order valence-corrected chi connectivity index (χ3v) is 6.82. The largest absolute Gasteiger partial charge is 0.465 e. The number of nitrogens with one attached hydrogen (secondary N) is 1. The van der Waals surface area contributed by atoms with Gasteiger partial charge < -0.3 is 14.8 Å². The summed E-state index contributed by atoms with van der Waals surface area (Å²) in [5, 5.41) is 3.42. The molecule has 0 aliphatic carbocycles. The van der Waals surface area contributed by atoms with Crippen LogP contribution in [0.4, 0.5) is 0 Å². The summed E-state index contributed by atoms with van der Waals surface area (Å²) in [5.74, 6) is -1.44. The summed E-state index contributed by atoms with van der Waals surface area (Å²) in [7, 11) is -1.58. The molecule has 2 aliphatic rings. The van der Waals surface area contributed by atoms with Crippen LogP contribution in [0.3, 0.4) is 0 Å². The van der Waals surface area contributed by atoms with Crippen molar-refractivity contribution in [1.29, 1.82) is 0 Å². The van der Waals surface area contributed by atoms with E-state index in [-0.39, 0.29) is 34.5 Å². The smallest absolute Gasteiger partial charge is 0.339 e. The number of carbonyl (C=O) groups is 2. The van der Waals surface area contributed by atoms with E-state index in [1.807, 2.05) is 0 Å². The van der Waals surface area contributed by atoms with Gasteiger partial charge in [-0.2, -0.15) is 4.31 Å². The summed E-state index contributed by atoms with van der Waals surface area (Å²) in [6.45, 7) is 0.696. The number of methoxy groups -OCH3 is 2. The molecule has 27 heavy (non-hydrogen) atoms. The lowest BCUT2D eigenvalue weighted by molar-refractivity contribution is 0.0583. The third kappa shape index (κ3) is 4.26. The Labute approximate surface area is 164 Å². The number of halogens is 1. The number of hydrogen-bond donors (Lipinski definition) is 1. The molecule has 0 spiro atoms. The molecule has 3 rings (SSSR count). The van der Waals surface area contributed by atoms with Crippen LogP contribution >= 0.6 is 12.4 Å². The van der Waals surface area contributed by atoms with E-state index in [1.165, 1.54) is 36.7 Å². The van der Waals surface area contributed by atoms with Crippen molar-refractivity contribution in [3.63, 3.8) is 0 Å². The van der Waals surface area contributed by atoms with Crippen LogP contribution in [0.25, 0.3) is 0 Å². The Kier molecular flexibility index (Phi) is 6.85. The summed E-state index contributed by atoms with van der Waals surface area (Å²) in [6, 6.07) is 4.24. The van der Waals surface area contributed by atoms with E-state index in [0.29, 0.717) is 25.6 Å². The first kappa shape index (κ1) is 21.6. The summed E-state index contributed by atoms with van der Waals surface area (Å²) in [5.41, 5.74) is -0.0317. The molecule has 2 unspecified atom stereocenters. The third-order valence-electron chi connectivity index (χ3n) is 4.91. The molecule has 2 bridgehead atoms. The van der Waals surface area contributed by atoms with Gasteiger partial charge in [0.05, 0.1) is 30.2 Å². The molecular formula is C17H23ClN2O6S. The summed E-state index contributed by atoms with van der Waals surface area (Å²) < 4.78 is 37.3. The van der Waals surface area contributed by atoms with Crippen molar-refractivity contribution in [2.75, 3.05) is 27.3 Å². The fraction of sp³-hybridized carbons (Fsp3) is 0.529. The minimum atomic E-state index is -3.97. The van der Waals surface area contributed by atoms with Gasteiger partial charge >= 0.3 is 11.9 Å². The number of fused-ring (bicyclic) bond motifs is 2. The van der Waals surface area contributed by atoms with Gasteiger partial charge in [-0.05, 0) is 37.5 Å². The van der Waals surface area contributed by atoms with Crippen molar-refractivity contribution in [2.45, 2.75) is 36.2 Å². The molecule has 1 aromatic rings. The summed E-state index contributed by atoms with van der Waals surface area (Å²) in [6.07, 6.45) is 2.67. The molecule has 150 valence electrons. The number of benzene rings is 1. The predicted octanol–water partition coefficient (Wildman–Crippen LogP) is 1.20. The molecule has 2 fully saturated rings. The molecule has 1 aromatic carbocycles. The Morgan fingerprint density at radius 3 is 2.41 bits per heavy atom. The van der Waals surface area contributed by atoms with E-state index in [9.17, 15) is 18.0 Å². The minimum absolute atomic E-state index is 0. The average molecular weight is 419 g/mol. The fourth-order valence-electron chi connectivity index (χ4n) is 3.53. The predicted molar refractivity (Wildman–Crippen MR) is 99.7 cm³/mol. The molecule has 2 heterocycles. The minimum Gasteiger partial charge on any atom is -0.465 e. The lowest BCUT2D eigenvalue weighted by atomic mass is 10.1. The molecule has 2 aliphatic heterocycles. The Morgan fingerprint density at radius 2 is 1.74 bits per heavy atom. The first-order valence-corrected chi connectivity index (χ1v) is 9.87. The SMILES string of the molecule is COC(=O)c1ccc(C(=O)OC)c(S(=O)(=O)N2CCC3CCC(C2)N3)c1.Cl. The lowest BCUT2D eigenvalue weighted by Crippen LogP contribution is -2.39. The molecule has 2 atom stereocenters.